The first-order chi connectivity index (χ1) is 20.6. The first kappa shape index (κ1) is 25.6. The average molecular weight is 540 g/mol. The Kier molecular flexibility index (Phi) is 6.61. The standard InChI is InChI=1S/C39H29N3/c1-26-11-15-28(16-12-26)33-24-36-37(25-34(33)29-17-13-27(2)14-18-29)42-39(38(41-36)31-8-4-3-5-9-31)32-21-19-30(20-22-32)35-10-6-7-23-40-35/h3-25H,1-2H3. The second-order valence-corrected chi connectivity index (χ2v) is 10.7. The van der Waals surface area contributed by atoms with E-state index in [0.29, 0.717) is 0 Å². The number of nitrogens with zero attached hydrogens (tertiary/aromatic N) is 3. The Labute approximate surface area is 246 Å². The molecule has 0 aliphatic heterocycles. The zero-order chi connectivity index (χ0) is 28.5. The summed E-state index contributed by atoms with van der Waals surface area (Å²) in [5.41, 5.74) is 14.6. The van der Waals surface area contributed by atoms with Gasteiger partial charge in [0.15, 0.2) is 0 Å². The molecular weight excluding hydrogens is 510 g/mol. The maximum Gasteiger partial charge on any atom is 0.0973 e. The molecule has 0 saturated heterocycles. The van der Waals surface area contributed by atoms with E-state index in [1.54, 1.807) is 0 Å². The predicted octanol–water partition coefficient (Wildman–Crippen LogP) is 9.98. The van der Waals surface area contributed by atoms with Crippen molar-refractivity contribution in [1.82, 2.24) is 15.0 Å². The number of hydrogen-bond donors (Lipinski definition) is 0. The number of benzene rings is 5. The summed E-state index contributed by atoms with van der Waals surface area (Å²) in [7, 11) is 0. The topological polar surface area (TPSA) is 38.7 Å². The van der Waals surface area contributed by atoms with E-state index in [1.807, 2.05) is 42.6 Å². The maximum absolute atomic E-state index is 5.30. The fourth-order valence-electron chi connectivity index (χ4n) is 5.38. The third-order valence-corrected chi connectivity index (χ3v) is 7.69. The van der Waals surface area contributed by atoms with Crippen molar-refractivity contribution in [1.29, 1.82) is 0 Å². The molecule has 0 fully saturated rings. The van der Waals surface area contributed by atoms with Crippen molar-refractivity contribution in [2.45, 2.75) is 13.8 Å². The Morgan fingerprint density at radius 1 is 0.405 bits per heavy atom. The summed E-state index contributed by atoms with van der Waals surface area (Å²) in [5, 5.41) is 0. The Hall–Kier alpha value is -5.41. The molecular formula is C39H29N3. The number of aryl methyl sites for hydroxylation is 2. The van der Waals surface area contributed by atoms with Gasteiger partial charge in [0.25, 0.3) is 0 Å². The lowest BCUT2D eigenvalue weighted by molar-refractivity contribution is 1.29. The summed E-state index contributed by atoms with van der Waals surface area (Å²) in [6.45, 7) is 4.24. The summed E-state index contributed by atoms with van der Waals surface area (Å²) >= 11 is 0. The Morgan fingerprint density at radius 2 is 0.857 bits per heavy atom. The van der Waals surface area contributed by atoms with Crippen LogP contribution in [0.5, 0.6) is 0 Å². The maximum atomic E-state index is 5.30. The summed E-state index contributed by atoms with van der Waals surface area (Å²) < 4.78 is 0. The molecule has 5 aromatic carbocycles. The molecule has 0 aliphatic carbocycles. The highest BCUT2D eigenvalue weighted by atomic mass is 14.8. The van der Waals surface area contributed by atoms with E-state index in [2.05, 4.69) is 116 Å². The molecule has 0 aliphatic rings. The summed E-state index contributed by atoms with van der Waals surface area (Å²) in [6.07, 6.45) is 1.82. The second kappa shape index (κ2) is 10.9. The fraction of sp³-hybridized carbons (Fsp3) is 0.0513. The number of rotatable bonds is 5. The summed E-state index contributed by atoms with van der Waals surface area (Å²) in [4.78, 5) is 15.1. The molecule has 0 bridgehead atoms. The van der Waals surface area contributed by atoms with Crippen molar-refractivity contribution in [2.75, 3.05) is 0 Å². The van der Waals surface area contributed by atoms with Crippen molar-refractivity contribution in [3.05, 3.63) is 151 Å². The van der Waals surface area contributed by atoms with Crippen LogP contribution in [-0.2, 0) is 0 Å². The highest BCUT2D eigenvalue weighted by molar-refractivity contribution is 5.96. The highest BCUT2D eigenvalue weighted by Gasteiger charge is 2.17. The molecule has 42 heavy (non-hydrogen) atoms. The van der Waals surface area contributed by atoms with Gasteiger partial charge in [-0.2, -0.15) is 0 Å². The third-order valence-electron chi connectivity index (χ3n) is 7.69. The van der Waals surface area contributed by atoms with Gasteiger partial charge in [-0.1, -0.05) is 120 Å². The zero-order valence-electron chi connectivity index (χ0n) is 23.6. The Morgan fingerprint density at radius 3 is 1.36 bits per heavy atom. The van der Waals surface area contributed by atoms with E-state index in [0.717, 1.165) is 67.1 Å². The molecule has 3 nitrogen and oxygen atoms in total. The SMILES string of the molecule is Cc1ccc(-c2cc3nc(-c4ccccc4)c(-c4ccc(-c5ccccn5)cc4)nc3cc2-c2ccc(C)cc2)cc1. The van der Waals surface area contributed by atoms with E-state index in [9.17, 15) is 0 Å². The number of aromatic nitrogens is 3. The molecule has 200 valence electrons. The molecule has 0 N–H and O–H groups in total. The van der Waals surface area contributed by atoms with Crippen LogP contribution in [0.15, 0.2) is 140 Å². The molecule has 0 unspecified atom stereocenters. The van der Waals surface area contributed by atoms with Crippen molar-refractivity contribution in [3.63, 3.8) is 0 Å². The van der Waals surface area contributed by atoms with E-state index < -0.39 is 0 Å². The van der Waals surface area contributed by atoms with Crippen LogP contribution in [0, 0.1) is 13.8 Å². The van der Waals surface area contributed by atoms with Gasteiger partial charge >= 0.3 is 0 Å². The first-order valence-electron chi connectivity index (χ1n) is 14.2. The van der Waals surface area contributed by atoms with E-state index in [1.165, 1.54) is 11.1 Å². The molecule has 3 heteroatoms. The van der Waals surface area contributed by atoms with Crippen LogP contribution in [-0.4, -0.2) is 15.0 Å². The Balaban J connectivity index is 1.45. The normalized spacial score (nSPS) is 11.1. The first-order valence-corrected chi connectivity index (χ1v) is 14.2. The van der Waals surface area contributed by atoms with Crippen LogP contribution in [0.2, 0.25) is 0 Å². The quantitative estimate of drug-likeness (QED) is 0.218. The lowest BCUT2D eigenvalue weighted by Gasteiger charge is -2.15. The summed E-state index contributed by atoms with van der Waals surface area (Å²) in [6, 6.07) is 46.6. The smallest absolute Gasteiger partial charge is 0.0973 e. The van der Waals surface area contributed by atoms with Crippen LogP contribution in [0.4, 0.5) is 0 Å². The lowest BCUT2D eigenvalue weighted by atomic mass is 9.92. The number of fused-ring (bicyclic) bond motifs is 1. The summed E-state index contributed by atoms with van der Waals surface area (Å²) in [5.74, 6) is 0. The molecule has 0 spiro atoms. The van der Waals surface area contributed by atoms with E-state index in [-0.39, 0.29) is 0 Å². The highest BCUT2D eigenvalue weighted by Crippen LogP contribution is 2.38. The van der Waals surface area contributed by atoms with Crippen LogP contribution >= 0.6 is 0 Å². The zero-order valence-corrected chi connectivity index (χ0v) is 23.6. The minimum atomic E-state index is 0.860. The lowest BCUT2D eigenvalue weighted by Crippen LogP contribution is -1.97. The fourth-order valence-corrected chi connectivity index (χ4v) is 5.38. The molecule has 0 radical (unpaired) electrons. The van der Waals surface area contributed by atoms with Crippen molar-refractivity contribution in [3.8, 4) is 56.0 Å². The van der Waals surface area contributed by atoms with Gasteiger partial charge in [-0.3, -0.25) is 4.98 Å². The number of hydrogen-bond acceptors (Lipinski definition) is 3. The van der Waals surface area contributed by atoms with Gasteiger partial charge in [0.1, 0.15) is 0 Å². The van der Waals surface area contributed by atoms with Gasteiger partial charge < -0.3 is 0 Å². The number of pyridine rings is 1. The molecule has 7 aromatic rings. The van der Waals surface area contributed by atoms with Crippen LogP contribution in [0.3, 0.4) is 0 Å². The van der Waals surface area contributed by atoms with Gasteiger partial charge in [0, 0.05) is 22.9 Å². The molecule has 2 heterocycles. The predicted molar refractivity (Wildman–Crippen MR) is 174 cm³/mol. The van der Waals surface area contributed by atoms with Gasteiger partial charge in [-0.15, -0.1) is 0 Å². The van der Waals surface area contributed by atoms with Crippen LogP contribution in [0.25, 0.3) is 67.1 Å². The molecule has 0 atom stereocenters. The third kappa shape index (κ3) is 4.97. The molecule has 0 amide bonds. The van der Waals surface area contributed by atoms with Gasteiger partial charge in [0.2, 0.25) is 0 Å². The van der Waals surface area contributed by atoms with Gasteiger partial charge in [-0.05, 0) is 60.4 Å². The van der Waals surface area contributed by atoms with Gasteiger partial charge in [0.05, 0.1) is 28.1 Å². The molecule has 7 rings (SSSR count). The largest absolute Gasteiger partial charge is 0.256 e. The van der Waals surface area contributed by atoms with Gasteiger partial charge in [-0.25, -0.2) is 9.97 Å². The van der Waals surface area contributed by atoms with Crippen molar-refractivity contribution < 1.29 is 0 Å². The van der Waals surface area contributed by atoms with E-state index in [4.69, 9.17) is 9.97 Å². The average Bonchev–Trinajstić information content (AvgIpc) is 3.05. The molecule has 0 saturated carbocycles. The molecule has 2 aromatic heterocycles. The minimum absolute atomic E-state index is 0.860. The van der Waals surface area contributed by atoms with Crippen LogP contribution < -0.4 is 0 Å². The van der Waals surface area contributed by atoms with Crippen molar-refractivity contribution in [2.24, 2.45) is 0 Å². The monoisotopic (exact) mass is 539 g/mol. The minimum Gasteiger partial charge on any atom is -0.256 e. The second-order valence-electron chi connectivity index (χ2n) is 10.7. The van der Waals surface area contributed by atoms with Crippen LogP contribution in [0.1, 0.15) is 11.1 Å². The van der Waals surface area contributed by atoms with Crippen molar-refractivity contribution >= 4 is 11.0 Å². The Bertz CT molecular complexity index is 2000. The van der Waals surface area contributed by atoms with E-state index >= 15 is 0 Å².